The van der Waals surface area contributed by atoms with E-state index >= 15 is 0 Å². The molecule has 0 aromatic heterocycles. The molecule has 1 atom stereocenters. The Morgan fingerprint density at radius 3 is 2.19 bits per heavy atom. The van der Waals surface area contributed by atoms with E-state index in [1.165, 1.54) is 0 Å². The number of nitrogens with one attached hydrogen (secondary N) is 1. The van der Waals surface area contributed by atoms with E-state index in [1.54, 1.807) is 44.2 Å². The zero-order chi connectivity index (χ0) is 22.7. The van der Waals surface area contributed by atoms with Crippen molar-refractivity contribution >= 4 is 25.5 Å². The Labute approximate surface area is 183 Å². The van der Waals surface area contributed by atoms with Gasteiger partial charge in [0.05, 0.1) is 19.4 Å². The maximum absolute atomic E-state index is 12.6. The lowest BCUT2D eigenvalue weighted by atomic mass is 10.1. The lowest BCUT2D eigenvalue weighted by Crippen LogP contribution is -2.44. The summed E-state index contributed by atoms with van der Waals surface area (Å²) in [5, 5.41) is 2.66. The van der Waals surface area contributed by atoms with Crippen molar-refractivity contribution in [3.05, 3.63) is 77.4 Å². The molecule has 0 saturated carbocycles. The molecule has 3 N–H and O–H groups in total. The van der Waals surface area contributed by atoms with Gasteiger partial charge in [-0.15, -0.1) is 0 Å². The van der Waals surface area contributed by atoms with Gasteiger partial charge in [0.1, 0.15) is 6.04 Å². The molecule has 8 heteroatoms. The van der Waals surface area contributed by atoms with Crippen molar-refractivity contribution in [2.75, 3.05) is 13.2 Å². The molecule has 2 amide bonds. The van der Waals surface area contributed by atoms with Gasteiger partial charge in [0.2, 0.25) is 5.91 Å². The van der Waals surface area contributed by atoms with Gasteiger partial charge in [-0.1, -0.05) is 54.6 Å². The van der Waals surface area contributed by atoms with Crippen LogP contribution in [0.15, 0.2) is 60.7 Å². The zero-order valence-electron chi connectivity index (χ0n) is 17.8. The van der Waals surface area contributed by atoms with Crippen LogP contribution in [0.2, 0.25) is 0 Å². The third kappa shape index (κ3) is 8.13. The average Bonchev–Trinajstić information content (AvgIpc) is 2.74. The maximum atomic E-state index is 12.6. The first-order valence-corrected chi connectivity index (χ1v) is 11.9. The Bertz CT molecular complexity index is 919. The van der Waals surface area contributed by atoms with Gasteiger partial charge >= 0.3 is 7.60 Å². The first-order valence-electron chi connectivity index (χ1n) is 10.2. The van der Waals surface area contributed by atoms with Crippen molar-refractivity contribution in [1.82, 2.24) is 5.32 Å². The SMILES string of the molecule is CCOP(=O)(Cc1ccc(C(=O)N[C@@H](C/C=C/c2ccccc2)C(N)=O)cc1)OCC. The summed E-state index contributed by atoms with van der Waals surface area (Å²) in [4.78, 5) is 24.3. The summed E-state index contributed by atoms with van der Waals surface area (Å²) < 4.78 is 23.2. The molecule has 0 aliphatic carbocycles. The fourth-order valence-electron chi connectivity index (χ4n) is 2.90. The second-order valence-electron chi connectivity index (χ2n) is 6.78. The number of benzene rings is 2. The number of amides is 2. The van der Waals surface area contributed by atoms with Gasteiger partial charge in [-0.05, 0) is 43.5 Å². The van der Waals surface area contributed by atoms with Crippen molar-refractivity contribution in [2.45, 2.75) is 32.5 Å². The van der Waals surface area contributed by atoms with Gasteiger partial charge in [0.15, 0.2) is 0 Å². The van der Waals surface area contributed by atoms with Gasteiger partial charge in [-0.3, -0.25) is 14.2 Å². The molecule has 7 nitrogen and oxygen atoms in total. The molecule has 0 heterocycles. The van der Waals surface area contributed by atoms with E-state index in [0.717, 1.165) is 11.1 Å². The molecule has 2 rings (SSSR count). The number of carbonyl (C=O) groups excluding carboxylic acids is 2. The molecule has 0 aliphatic rings. The lowest BCUT2D eigenvalue weighted by molar-refractivity contribution is -0.119. The predicted molar refractivity (Wildman–Crippen MR) is 122 cm³/mol. The Morgan fingerprint density at radius 1 is 1.03 bits per heavy atom. The van der Waals surface area contributed by atoms with Crippen molar-refractivity contribution in [2.24, 2.45) is 5.73 Å². The van der Waals surface area contributed by atoms with Crippen LogP contribution in [0.5, 0.6) is 0 Å². The molecule has 166 valence electrons. The molecule has 0 unspecified atom stereocenters. The van der Waals surface area contributed by atoms with Gasteiger partial charge in [0, 0.05) is 5.56 Å². The lowest BCUT2D eigenvalue weighted by Gasteiger charge is -2.17. The standard InChI is InChI=1S/C23H29N2O5P/c1-3-29-31(28,30-4-2)17-19-13-15-20(16-14-19)23(27)25-21(22(24)26)12-8-11-18-9-6-5-7-10-18/h5-11,13-16,21H,3-4,12,17H2,1-2H3,(H2,24,26)(H,25,27)/b11-8+/t21-/m0/s1. The number of primary amides is 1. The molecule has 31 heavy (non-hydrogen) atoms. The molecule has 0 bridgehead atoms. The van der Waals surface area contributed by atoms with Gasteiger partial charge < -0.3 is 20.1 Å². The van der Waals surface area contributed by atoms with Crippen molar-refractivity contribution < 1.29 is 23.2 Å². The largest absolute Gasteiger partial charge is 0.368 e. The predicted octanol–water partition coefficient (Wildman–Crippen LogP) is 4.14. The van der Waals surface area contributed by atoms with Crippen LogP contribution < -0.4 is 11.1 Å². The van der Waals surface area contributed by atoms with E-state index in [2.05, 4.69) is 5.32 Å². The molecule has 0 spiro atoms. The Morgan fingerprint density at radius 2 is 1.65 bits per heavy atom. The average molecular weight is 444 g/mol. The zero-order valence-corrected chi connectivity index (χ0v) is 18.7. The molecule has 0 fully saturated rings. The highest BCUT2D eigenvalue weighted by Crippen LogP contribution is 2.51. The third-order valence-corrected chi connectivity index (χ3v) is 6.43. The Balaban J connectivity index is 2.00. The molecular formula is C23H29N2O5P. The fourth-order valence-corrected chi connectivity index (χ4v) is 4.60. The van der Waals surface area contributed by atoms with E-state index in [1.807, 2.05) is 36.4 Å². The highest BCUT2D eigenvalue weighted by molar-refractivity contribution is 7.53. The number of hydrogen-bond donors (Lipinski definition) is 2. The van der Waals surface area contributed by atoms with Crippen LogP contribution in [0.4, 0.5) is 0 Å². The van der Waals surface area contributed by atoms with Crippen LogP contribution in [-0.4, -0.2) is 31.1 Å². The van der Waals surface area contributed by atoms with Gasteiger partial charge in [-0.25, -0.2) is 0 Å². The van der Waals surface area contributed by atoms with E-state index in [-0.39, 0.29) is 25.8 Å². The van der Waals surface area contributed by atoms with E-state index < -0.39 is 25.5 Å². The van der Waals surface area contributed by atoms with Gasteiger partial charge in [-0.2, -0.15) is 0 Å². The first kappa shape index (κ1) is 24.5. The highest BCUT2D eigenvalue weighted by atomic mass is 31.2. The second-order valence-corrected chi connectivity index (χ2v) is 8.83. The topological polar surface area (TPSA) is 108 Å². The van der Waals surface area contributed by atoms with Crippen LogP contribution >= 0.6 is 7.60 Å². The van der Waals surface area contributed by atoms with Crippen LogP contribution in [0.1, 0.15) is 41.8 Å². The first-order chi connectivity index (χ1) is 14.9. The minimum absolute atomic E-state index is 0.116. The van der Waals surface area contributed by atoms with Crippen LogP contribution in [-0.2, 0) is 24.6 Å². The minimum Gasteiger partial charge on any atom is -0.368 e. The normalized spacial score (nSPS) is 12.6. The van der Waals surface area contributed by atoms with Crippen molar-refractivity contribution in [3.63, 3.8) is 0 Å². The van der Waals surface area contributed by atoms with Gasteiger partial charge in [0.25, 0.3) is 5.91 Å². The van der Waals surface area contributed by atoms with Crippen LogP contribution in [0.25, 0.3) is 6.08 Å². The van der Waals surface area contributed by atoms with E-state index in [9.17, 15) is 14.2 Å². The van der Waals surface area contributed by atoms with Crippen LogP contribution in [0.3, 0.4) is 0 Å². The maximum Gasteiger partial charge on any atom is 0.335 e. The summed E-state index contributed by atoms with van der Waals surface area (Å²) in [6, 6.07) is 15.4. The smallest absolute Gasteiger partial charge is 0.335 e. The summed E-state index contributed by atoms with van der Waals surface area (Å²) in [5.41, 5.74) is 7.52. The monoisotopic (exact) mass is 444 g/mol. The summed E-state index contributed by atoms with van der Waals surface area (Å²) >= 11 is 0. The quantitative estimate of drug-likeness (QED) is 0.479. The molecule has 0 saturated heterocycles. The molecule has 0 radical (unpaired) electrons. The number of nitrogens with two attached hydrogens (primary N) is 1. The summed E-state index contributed by atoms with van der Waals surface area (Å²) in [7, 11) is -3.22. The number of hydrogen-bond acceptors (Lipinski definition) is 5. The highest BCUT2D eigenvalue weighted by Gasteiger charge is 2.24. The van der Waals surface area contributed by atoms with Crippen molar-refractivity contribution in [1.29, 1.82) is 0 Å². The molecule has 0 aliphatic heterocycles. The fraction of sp³-hybridized carbons (Fsp3) is 0.304. The molecule has 2 aromatic rings. The van der Waals surface area contributed by atoms with Crippen LogP contribution in [0, 0.1) is 0 Å². The number of rotatable bonds is 12. The van der Waals surface area contributed by atoms with E-state index in [0.29, 0.717) is 5.56 Å². The Kier molecular flexibility index (Phi) is 9.66. The third-order valence-electron chi connectivity index (χ3n) is 4.37. The number of carbonyl (C=O) groups is 2. The summed E-state index contributed by atoms with van der Waals surface area (Å²) in [6.07, 6.45) is 4.06. The van der Waals surface area contributed by atoms with Crippen molar-refractivity contribution in [3.8, 4) is 0 Å². The molecular weight excluding hydrogens is 415 g/mol. The minimum atomic E-state index is -3.22. The summed E-state index contributed by atoms with van der Waals surface area (Å²) in [5.74, 6) is -1.03. The second kappa shape index (κ2) is 12.2. The molecule has 2 aromatic carbocycles. The Hall–Kier alpha value is -2.73. The summed E-state index contributed by atoms with van der Waals surface area (Å²) in [6.45, 7) is 4.07. The van der Waals surface area contributed by atoms with E-state index in [4.69, 9.17) is 14.8 Å².